The summed E-state index contributed by atoms with van der Waals surface area (Å²) in [5, 5.41) is 7.50. The highest BCUT2D eigenvalue weighted by Crippen LogP contribution is 2.22. The molecule has 3 aromatic rings. The number of halogens is 2. The number of nitrogens with zero attached hydrogens (tertiary/aromatic N) is 2. The third-order valence-electron chi connectivity index (χ3n) is 3.53. The molecule has 0 radical (unpaired) electrons. The number of benzene rings is 1. The third-order valence-corrected chi connectivity index (χ3v) is 5.06. The van der Waals surface area contributed by atoms with Gasteiger partial charge in [-0.2, -0.15) is 0 Å². The number of fused-ring (bicyclic) bond motifs is 1. The lowest BCUT2D eigenvalue weighted by Gasteiger charge is -2.09. The van der Waals surface area contributed by atoms with Crippen molar-refractivity contribution in [2.75, 3.05) is 11.9 Å². The van der Waals surface area contributed by atoms with Gasteiger partial charge >= 0.3 is 0 Å². The number of aromatic nitrogens is 2. The highest BCUT2D eigenvalue weighted by molar-refractivity contribution is 9.10. The van der Waals surface area contributed by atoms with E-state index in [-0.39, 0.29) is 12.5 Å². The molecule has 0 spiro atoms. The molecule has 6 nitrogen and oxygen atoms in total. The summed E-state index contributed by atoms with van der Waals surface area (Å²) < 4.78 is 2.73. The number of aryl methyl sites for hydroxylation is 1. The molecule has 0 unspecified atom stereocenters. The van der Waals surface area contributed by atoms with Gasteiger partial charge in [-0.25, -0.2) is 4.98 Å². The zero-order valence-electron chi connectivity index (χ0n) is 13.6. The number of amides is 2. The Bertz CT molecular complexity index is 1010. The van der Waals surface area contributed by atoms with Crippen molar-refractivity contribution in [2.45, 2.75) is 6.92 Å². The molecule has 2 N–H and O–H groups in total. The first-order valence-corrected chi connectivity index (χ1v) is 9.62. The minimum absolute atomic E-state index is 0.132. The Balaban J connectivity index is 1.56. The molecule has 0 atom stereocenters. The lowest BCUT2D eigenvalue weighted by molar-refractivity contribution is -0.121. The second-order valence-electron chi connectivity index (χ2n) is 5.40. The maximum atomic E-state index is 12.0. The van der Waals surface area contributed by atoms with E-state index in [9.17, 15) is 9.59 Å². The van der Waals surface area contributed by atoms with E-state index in [1.54, 1.807) is 16.5 Å². The van der Waals surface area contributed by atoms with Crippen molar-refractivity contribution in [3.8, 4) is 0 Å². The molecule has 134 valence electrons. The van der Waals surface area contributed by atoms with Gasteiger partial charge in [-0.1, -0.05) is 27.5 Å². The Kier molecular flexibility index (Phi) is 5.75. The highest BCUT2D eigenvalue weighted by Gasteiger charge is 2.10. The van der Waals surface area contributed by atoms with Gasteiger partial charge < -0.3 is 10.6 Å². The van der Waals surface area contributed by atoms with Crippen molar-refractivity contribution in [3.05, 3.63) is 56.7 Å². The fraction of sp³-hybridized carbons (Fsp3) is 0.118. The van der Waals surface area contributed by atoms with Gasteiger partial charge in [0.05, 0.1) is 12.2 Å². The number of carbonyl (C=O) groups is 2. The summed E-state index contributed by atoms with van der Waals surface area (Å²) in [6.07, 6.45) is 4.72. The van der Waals surface area contributed by atoms with E-state index in [2.05, 4.69) is 31.5 Å². The summed E-state index contributed by atoms with van der Waals surface area (Å²) in [7, 11) is 0. The van der Waals surface area contributed by atoms with Crippen LogP contribution in [0.3, 0.4) is 0 Å². The van der Waals surface area contributed by atoms with Crippen LogP contribution in [0, 0.1) is 6.92 Å². The number of imidazole rings is 1. The average Bonchev–Trinajstić information content (AvgIpc) is 3.14. The van der Waals surface area contributed by atoms with Crippen molar-refractivity contribution in [3.63, 3.8) is 0 Å². The van der Waals surface area contributed by atoms with Gasteiger partial charge in [0.1, 0.15) is 0 Å². The first-order valence-electron chi connectivity index (χ1n) is 7.57. The molecule has 0 saturated heterocycles. The molecular weight excluding hydrogens is 440 g/mol. The van der Waals surface area contributed by atoms with Gasteiger partial charge in [0.15, 0.2) is 10.1 Å². The molecule has 2 aromatic heterocycles. The number of hydrogen-bond donors (Lipinski definition) is 2. The Morgan fingerprint density at radius 3 is 3.00 bits per heavy atom. The van der Waals surface area contributed by atoms with Gasteiger partial charge in [0.25, 0.3) is 0 Å². The number of carbonyl (C=O) groups excluding carboxylic acids is 2. The topological polar surface area (TPSA) is 75.5 Å². The summed E-state index contributed by atoms with van der Waals surface area (Å²) in [4.78, 5) is 28.9. The van der Waals surface area contributed by atoms with Crippen molar-refractivity contribution in [2.24, 2.45) is 0 Å². The van der Waals surface area contributed by atoms with E-state index in [1.807, 2.05) is 30.6 Å². The number of thiazole rings is 1. The van der Waals surface area contributed by atoms with Crippen LogP contribution < -0.4 is 10.6 Å². The van der Waals surface area contributed by atoms with Crippen LogP contribution in [0.2, 0.25) is 5.15 Å². The Morgan fingerprint density at radius 2 is 2.23 bits per heavy atom. The summed E-state index contributed by atoms with van der Waals surface area (Å²) in [6, 6.07) is 5.54. The van der Waals surface area contributed by atoms with Crippen molar-refractivity contribution < 1.29 is 9.59 Å². The van der Waals surface area contributed by atoms with E-state index in [1.165, 1.54) is 17.4 Å². The van der Waals surface area contributed by atoms with E-state index >= 15 is 0 Å². The summed E-state index contributed by atoms with van der Waals surface area (Å²) in [5.74, 6) is -0.700. The minimum atomic E-state index is -0.395. The molecule has 1 aromatic carbocycles. The van der Waals surface area contributed by atoms with Gasteiger partial charge in [-0.15, -0.1) is 11.3 Å². The molecule has 0 fully saturated rings. The molecule has 2 amide bonds. The molecular formula is C17H14BrClN4O2S. The van der Waals surface area contributed by atoms with Crippen molar-refractivity contribution in [1.82, 2.24) is 14.7 Å². The first-order chi connectivity index (χ1) is 12.4. The Morgan fingerprint density at radius 1 is 1.42 bits per heavy atom. The van der Waals surface area contributed by atoms with Crippen LogP contribution in [-0.2, 0) is 9.59 Å². The van der Waals surface area contributed by atoms with E-state index in [0.29, 0.717) is 16.5 Å². The second-order valence-corrected chi connectivity index (χ2v) is 7.55. The average molecular weight is 454 g/mol. The maximum Gasteiger partial charge on any atom is 0.244 e. The van der Waals surface area contributed by atoms with Gasteiger partial charge in [0.2, 0.25) is 11.8 Å². The number of hydrogen-bond acceptors (Lipinski definition) is 4. The number of rotatable bonds is 5. The molecule has 0 aliphatic heterocycles. The van der Waals surface area contributed by atoms with Crippen LogP contribution >= 0.6 is 38.9 Å². The fourth-order valence-electron chi connectivity index (χ4n) is 2.27. The normalized spacial score (nSPS) is 11.2. The number of nitrogens with one attached hydrogen (secondary N) is 2. The Hall–Kier alpha value is -2.16. The Labute approximate surface area is 167 Å². The minimum Gasteiger partial charge on any atom is -0.343 e. The smallest absolute Gasteiger partial charge is 0.244 e. The monoisotopic (exact) mass is 452 g/mol. The van der Waals surface area contributed by atoms with Gasteiger partial charge in [-0.3, -0.25) is 14.0 Å². The lowest BCUT2D eigenvalue weighted by atomic mass is 10.2. The molecule has 0 aliphatic rings. The van der Waals surface area contributed by atoms with Gasteiger partial charge in [0, 0.05) is 27.8 Å². The van der Waals surface area contributed by atoms with E-state index in [0.717, 1.165) is 15.0 Å². The van der Waals surface area contributed by atoms with Crippen LogP contribution in [-0.4, -0.2) is 27.7 Å². The van der Waals surface area contributed by atoms with Crippen LogP contribution in [0.5, 0.6) is 0 Å². The molecule has 0 aliphatic carbocycles. The molecule has 3 rings (SSSR count). The van der Waals surface area contributed by atoms with E-state index in [4.69, 9.17) is 11.6 Å². The van der Waals surface area contributed by atoms with Crippen LogP contribution in [0.1, 0.15) is 11.3 Å². The molecule has 0 saturated carbocycles. The molecule has 9 heteroatoms. The largest absolute Gasteiger partial charge is 0.343 e. The standard InChI is InChI=1S/C17H14BrClN4O2S/c1-10-8-11(18)2-3-12(10)21-15(25)9-20-14(24)5-4-13-16(19)22-17-23(13)6-7-26-17/h2-8H,9H2,1H3,(H,20,24)(H,21,25)/b5-4+. The lowest BCUT2D eigenvalue weighted by Crippen LogP contribution is -2.31. The predicted octanol–water partition coefficient (Wildman–Crippen LogP) is 3.89. The zero-order chi connectivity index (χ0) is 18.7. The predicted molar refractivity (Wildman–Crippen MR) is 108 cm³/mol. The molecule has 0 bridgehead atoms. The van der Waals surface area contributed by atoms with E-state index < -0.39 is 5.91 Å². The van der Waals surface area contributed by atoms with Crippen molar-refractivity contribution in [1.29, 1.82) is 0 Å². The quantitative estimate of drug-likeness (QED) is 0.576. The van der Waals surface area contributed by atoms with Crippen LogP contribution in [0.4, 0.5) is 5.69 Å². The maximum absolute atomic E-state index is 12.0. The summed E-state index contributed by atoms with van der Waals surface area (Å²) in [5.41, 5.74) is 2.25. The first kappa shape index (κ1) is 18.6. The SMILES string of the molecule is Cc1cc(Br)ccc1NC(=O)CNC(=O)/C=C/c1c(Cl)nc2sccn12. The van der Waals surface area contributed by atoms with Crippen LogP contribution in [0.25, 0.3) is 11.0 Å². The van der Waals surface area contributed by atoms with Crippen molar-refractivity contribution >= 4 is 67.4 Å². The van der Waals surface area contributed by atoms with Gasteiger partial charge in [-0.05, 0) is 36.8 Å². The second kappa shape index (κ2) is 8.03. The highest BCUT2D eigenvalue weighted by atomic mass is 79.9. The summed E-state index contributed by atoms with van der Waals surface area (Å²) in [6.45, 7) is 1.76. The molecule has 26 heavy (non-hydrogen) atoms. The summed E-state index contributed by atoms with van der Waals surface area (Å²) >= 11 is 10.9. The van der Waals surface area contributed by atoms with Crippen LogP contribution in [0.15, 0.2) is 40.3 Å². The third kappa shape index (κ3) is 4.32. The zero-order valence-corrected chi connectivity index (χ0v) is 16.8. The molecule has 2 heterocycles. The number of anilines is 1. The fourth-order valence-corrected chi connectivity index (χ4v) is 3.75.